The average Bonchev–Trinajstić information content (AvgIpc) is 3.23. The van der Waals surface area contributed by atoms with E-state index in [1.807, 2.05) is 24.3 Å². The molecular formula is C17H21N5O. The predicted octanol–water partition coefficient (Wildman–Crippen LogP) is 1.62. The highest BCUT2D eigenvalue weighted by molar-refractivity contribution is 5.97. The third-order valence-electron chi connectivity index (χ3n) is 4.92. The largest absolute Gasteiger partial charge is 0.349 e. The van der Waals surface area contributed by atoms with E-state index < -0.39 is 0 Å². The predicted molar refractivity (Wildman–Crippen MR) is 86.4 cm³/mol. The van der Waals surface area contributed by atoms with Crippen LogP contribution in [-0.4, -0.2) is 50.7 Å². The topological polar surface area (TPSA) is 63.1 Å². The summed E-state index contributed by atoms with van der Waals surface area (Å²) in [7, 11) is 0. The van der Waals surface area contributed by atoms with E-state index >= 15 is 0 Å². The van der Waals surface area contributed by atoms with Gasteiger partial charge in [0.1, 0.15) is 12.7 Å². The molecule has 2 aliphatic rings. The van der Waals surface area contributed by atoms with Gasteiger partial charge in [-0.1, -0.05) is 12.1 Å². The summed E-state index contributed by atoms with van der Waals surface area (Å²) in [5.74, 6) is -0.0269. The quantitative estimate of drug-likeness (QED) is 0.932. The second-order valence-corrected chi connectivity index (χ2v) is 6.40. The molecule has 23 heavy (non-hydrogen) atoms. The zero-order chi connectivity index (χ0) is 15.6. The molecule has 4 rings (SSSR count). The monoisotopic (exact) mass is 311 g/mol. The summed E-state index contributed by atoms with van der Waals surface area (Å²) in [4.78, 5) is 19.1. The molecule has 1 saturated carbocycles. The van der Waals surface area contributed by atoms with E-state index in [2.05, 4.69) is 20.3 Å². The molecule has 6 nitrogen and oxygen atoms in total. The van der Waals surface area contributed by atoms with Gasteiger partial charge in [0.25, 0.3) is 5.91 Å². The first kappa shape index (κ1) is 14.4. The molecule has 1 aromatic heterocycles. The normalized spacial score (nSPS) is 24.3. The molecule has 2 heterocycles. The number of hydrogen-bond donors (Lipinski definition) is 1. The molecule has 0 atom stereocenters. The van der Waals surface area contributed by atoms with Crippen LogP contribution >= 0.6 is 0 Å². The van der Waals surface area contributed by atoms with Gasteiger partial charge in [0.2, 0.25) is 0 Å². The highest BCUT2D eigenvalue weighted by Gasteiger charge is 2.35. The Bertz CT molecular complexity index is 672. The maximum Gasteiger partial charge on any atom is 0.253 e. The third-order valence-corrected chi connectivity index (χ3v) is 4.92. The number of para-hydroxylation sites is 1. The van der Waals surface area contributed by atoms with Crippen molar-refractivity contribution in [1.29, 1.82) is 0 Å². The Morgan fingerprint density at radius 1 is 1.17 bits per heavy atom. The fraction of sp³-hybridized carbons (Fsp3) is 0.471. The molecular weight excluding hydrogens is 290 g/mol. The van der Waals surface area contributed by atoms with Crippen LogP contribution in [-0.2, 0) is 0 Å². The number of aromatic nitrogens is 3. The summed E-state index contributed by atoms with van der Waals surface area (Å²) < 4.78 is 1.63. The lowest BCUT2D eigenvalue weighted by atomic mass is 9.85. The van der Waals surface area contributed by atoms with Gasteiger partial charge < -0.3 is 10.2 Å². The SMILES string of the molecule is O=C(NC1CC(N2CCCC2)C1)c1ccccc1-n1cncn1. The van der Waals surface area contributed by atoms with Gasteiger partial charge in [-0.15, -0.1) is 0 Å². The fourth-order valence-electron chi connectivity index (χ4n) is 3.57. The third kappa shape index (κ3) is 2.86. The summed E-state index contributed by atoms with van der Waals surface area (Å²) in [6, 6.07) is 8.45. The van der Waals surface area contributed by atoms with Gasteiger partial charge in [0.05, 0.1) is 11.3 Å². The molecule has 1 aliphatic carbocycles. The molecule has 0 bridgehead atoms. The second kappa shape index (κ2) is 6.12. The molecule has 1 aliphatic heterocycles. The van der Waals surface area contributed by atoms with E-state index in [-0.39, 0.29) is 11.9 Å². The molecule has 1 N–H and O–H groups in total. The van der Waals surface area contributed by atoms with Crippen LogP contribution in [0, 0.1) is 0 Å². The molecule has 120 valence electrons. The first-order valence-electron chi connectivity index (χ1n) is 8.30. The maximum absolute atomic E-state index is 12.6. The molecule has 1 saturated heterocycles. The molecule has 0 unspecified atom stereocenters. The standard InChI is InChI=1S/C17H21N5O/c23-17(20-13-9-14(10-13)21-7-3-4-8-21)15-5-1-2-6-16(15)22-12-18-11-19-22/h1-2,5-6,11-14H,3-4,7-10H2,(H,20,23). The first-order valence-corrected chi connectivity index (χ1v) is 8.30. The van der Waals surface area contributed by atoms with E-state index in [1.54, 1.807) is 11.0 Å². The number of carbonyl (C=O) groups is 1. The number of nitrogens with zero attached hydrogens (tertiary/aromatic N) is 4. The van der Waals surface area contributed by atoms with E-state index in [0.717, 1.165) is 18.5 Å². The van der Waals surface area contributed by atoms with Gasteiger partial charge >= 0.3 is 0 Å². The van der Waals surface area contributed by atoms with Gasteiger partial charge in [-0.2, -0.15) is 5.10 Å². The van der Waals surface area contributed by atoms with Crippen molar-refractivity contribution >= 4 is 5.91 Å². The molecule has 2 aromatic rings. The average molecular weight is 311 g/mol. The molecule has 2 fully saturated rings. The van der Waals surface area contributed by atoms with Crippen LogP contribution in [0.2, 0.25) is 0 Å². The minimum Gasteiger partial charge on any atom is -0.349 e. The van der Waals surface area contributed by atoms with Crippen molar-refractivity contribution < 1.29 is 4.79 Å². The van der Waals surface area contributed by atoms with E-state index in [1.165, 1.54) is 32.3 Å². The number of carbonyl (C=O) groups excluding carboxylic acids is 1. The van der Waals surface area contributed by atoms with Gasteiger partial charge in [-0.25, -0.2) is 9.67 Å². The highest BCUT2D eigenvalue weighted by atomic mass is 16.1. The van der Waals surface area contributed by atoms with Crippen LogP contribution < -0.4 is 5.32 Å². The molecule has 1 aromatic carbocycles. The van der Waals surface area contributed by atoms with E-state index in [0.29, 0.717) is 11.6 Å². The minimum atomic E-state index is -0.0269. The van der Waals surface area contributed by atoms with Gasteiger partial charge in [-0.3, -0.25) is 4.79 Å². The summed E-state index contributed by atoms with van der Waals surface area (Å²) in [6.07, 6.45) is 7.85. The van der Waals surface area contributed by atoms with Crippen molar-refractivity contribution in [2.45, 2.75) is 37.8 Å². The summed E-state index contributed by atoms with van der Waals surface area (Å²) in [5, 5.41) is 7.29. The molecule has 0 radical (unpaired) electrons. The van der Waals surface area contributed by atoms with Crippen molar-refractivity contribution in [1.82, 2.24) is 25.0 Å². The Morgan fingerprint density at radius 3 is 2.70 bits per heavy atom. The summed E-state index contributed by atoms with van der Waals surface area (Å²) in [6.45, 7) is 2.45. The Balaban J connectivity index is 1.41. The second-order valence-electron chi connectivity index (χ2n) is 6.40. The lowest BCUT2D eigenvalue weighted by Gasteiger charge is -2.41. The number of amides is 1. The maximum atomic E-state index is 12.6. The lowest BCUT2D eigenvalue weighted by molar-refractivity contribution is 0.0819. The Labute approximate surface area is 135 Å². The van der Waals surface area contributed by atoms with Crippen molar-refractivity contribution in [3.05, 3.63) is 42.5 Å². The number of likely N-dealkylation sites (tertiary alicyclic amines) is 1. The van der Waals surface area contributed by atoms with Crippen molar-refractivity contribution in [2.24, 2.45) is 0 Å². The van der Waals surface area contributed by atoms with Gasteiger partial charge in [-0.05, 0) is 50.9 Å². The molecule has 6 heteroatoms. The van der Waals surface area contributed by atoms with E-state index in [4.69, 9.17) is 0 Å². The zero-order valence-electron chi connectivity index (χ0n) is 13.1. The van der Waals surface area contributed by atoms with Crippen molar-refractivity contribution in [2.75, 3.05) is 13.1 Å². The Kier molecular flexibility index (Phi) is 3.83. The molecule has 1 amide bonds. The molecule has 0 spiro atoms. The summed E-state index contributed by atoms with van der Waals surface area (Å²) >= 11 is 0. The van der Waals surface area contributed by atoms with Crippen LogP contribution in [0.4, 0.5) is 0 Å². The summed E-state index contributed by atoms with van der Waals surface area (Å²) in [5.41, 5.74) is 1.40. The van der Waals surface area contributed by atoms with Crippen molar-refractivity contribution in [3.8, 4) is 5.69 Å². The zero-order valence-corrected chi connectivity index (χ0v) is 13.1. The van der Waals surface area contributed by atoms with Crippen molar-refractivity contribution in [3.63, 3.8) is 0 Å². The van der Waals surface area contributed by atoms with Crippen LogP contribution in [0.25, 0.3) is 5.69 Å². The van der Waals surface area contributed by atoms with Crippen LogP contribution in [0.5, 0.6) is 0 Å². The first-order chi connectivity index (χ1) is 11.3. The Hall–Kier alpha value is -2.21. The number of hydrogen-bond acceptors (Lipinski definition) is 4. The fourth-order valence-corrected chi connectivity index (χ4v) is 3.57. The highest BCUT2D eigenvalue weighted by Crippen LogP contribution is 2.29. The lowest BCUT2D eigenvalue weighted by Crippen LogP contribution is -2.53. The Morgan fingerprint density at radius 2 is 1.96 bits per heavy atom. The van der Waals surface area contributed by atoms with Gasteiger partial charge in [0, 0.05) is 12.1 Å². The minimum absolute atomic E-state index is 0.0269. The number of rotatable bonds is 4. The smallest absolute Gasteiger partial charge is 0.253 e. The van der Waals surface area contributed by atoms with Crippen LogP contribution in [0.1, 0.15) is 36.0 Å². The number of benzene rings is 1. The van der Waals surface area contributed by atoms with Crippen LogP contribution in [0.3, 0.4) is 0 Å². The number of nitrogens with one attached hydrogen (secondary N) is 1. The van der Waals surface area contributed by atoms with Gasteiger partial charge in [0.15, 0.2) is 0 Å². The van der Waals surface area contributed by atoms with Crippen LogP contribution in [0.15, 0.2) is 36.9 Å². The van der Waals surface area contributed by atoms with E-state index in [9.17, 15) is 4.79 Å².